The zero-order valence-electron chi connectivity index (χ0n) is 16.4. The van der Waals surface area contributed by atoms with Crippen molar-refractivity contribution in [1.82, 2.24) is 10.2 Å². The third-order valence-corrected chi connectivity index (χ3v) is 4.76. The first-order valence-electron chi connectivity index (χ1n) is 8.94. The van der Waals surface area contributed by atoms with Gasteiger partial charge in [-0.05, 0) is 35.2 Å². The number of halogens is 1. The summed E-state index contributed by atoms with van der Waals surface area (Å²) >= 11 is 0. The molecular formula is C21H26IN3O3. The molecule has 0 atom stereocenters. The van der Waals surface area contributed by atoms with E-state index < -0.39 is 5.97 Å². The lowest BCUT2D eigenvalue weighted by Crippen LogP contribution is -2.43. The lowest BCUT2D eigenvalue weighted by atomic mass is 10.0. The fourth-order valence-corrected chi connectivity index (χ4v) is 3.31. The number of nitrogens with one attached hydrogen (secondary N) is 1. The molecule has 0 saturated heterocycles. The second kappa shape index (κ2) is 10.3. The molecule has 1 aliphatic rings. The van der Waals surface area contributed by atoms with E-state index >= 15 is 0 Å². The van der Waals surface area contributed by atoms with Crippen LogP contribution in [0.15, 0.2) is 47.5 Å². The van der Waals surface area contributed by atoms with Gasteiger partial charge in [0.2, 0.25) is 0 Å². The maximum Gasteiger partial charge on any atom is 0.341 e. The summed E-state index contributed by atoms with van der Waals surface area (Å²) in [7, 11) is 4.70. The van der Waals surface area contributed by atoms with Gasteiger partial charge in [-0.1, -0.05) is 30.3 Å². The van der Waals surface area contributed by atoms with Gasteiger partial charge in [0.05, 0.1) is 14.2 Å². The van der Waals surface area contributed by atoms with Crippen LogP contribution in [0, 0.1) is 0 Å². The second-order valence-electron chi connectivity index (χ2n) is 6.37. The molecule has 150 valence electrons. The molecule has 0 spiro atoms. The molecule has 0 aromatic heterocycles. The molecule has 1 N–H and O–H groups in total. The number of ether oxygens (including phenoxy) is 2. The van der Waals surface area contributed by atoms with E-state index in [0.29, 0.717) is 17.9 Å². The van der Waals surface area contributed by atoms with Gasteiger partial charge in [-0.25, -0.2) is 4.79 Å². The number of guanidine groups is 1. The Morgan fingerprint density at radius 3 is 2.61 bits per heavy atom. The zero-order chi connectivity index (χ0) is 19.2. The van der Waals surface area contributed by atoms with Crippen LogP contribution in [-0.2, 0) is 24.2 Å². The molecule has 1 heterocycles. The number of rotatable bonds is 4. The monoisotopic (exact) mass is 495 g/mol. The third kappa shape index (κ3) is 4.95. The van der Waals surface area contributed by atoms with Gasteiger partial charge in [0.25, 0.3) is 0 Å². The van der Waals surface area contributed by atoms with Gasteiger partial charge in [0.15, 0.2) is 5.96 Å². The topological polar surface area (TPSA) is 63.2 Å². The van der Waals surface area contributed by atoms with Crippen molar-refractivity contribution < 1.29 is 14.3 Å². The summed E-state index contributed by atoms with van der Waals surface area (Å²) in [6.07, 6.45) is 1.01. The first-order chi connectivity index (χ1) is 13.2. The fraction of sp³-hybridized carbons (Fsp3) is 0.333. The van der Waals surface area contributed by atoms with Crippen LogP contribution in [0.3, 0.4) is 0 Å². The number of fused-ring (bicyclic) bond motifs is 1. The number of aliphatic imine (C=N–C) groups is 1. The molecule has 1 aliphatic heterocycles. The molecule has 3 rings (SSSR count). The van der Waals surface area contributed by atoms with Gasteiger partial charge in [0, 0.05) is 26.7 Å². The predicted octanol–water partition coefficient (Wildman–Crippen LogP) is 3.23. The number of carbonyl (C=O) groups is 1. The van der Waals surface area contributed by atoms with Gasteiger partial charge in [-0.15, -0.1) is 24.0 Å². The number of nitrogens with zero attached hydrogens (tertiary/aromatic N) is 2. The van der Waals surface area contributed by atoms with E-state index in [0.717, 1.165) is 31.0 Å². The smallest absolute Gasteiger partial charge is 0.341 e. The zero-order valence-corrected chi connectivity index (χ0v) is 18.7. The number of hydrogen-bond acceptors (Lipinski definition) is 4. The largest absolute Gasteiger partial charge is 0.496 e. The lowest BCUT2D eigenvalue weighted by Gasteiger charge is -2.31. The molecule has 0 bridgehead atoms. The first-order valence-corrected chi connectivity index (χ1v) is 8.94. The van der Waals surface area contributed by atoms with Crippen LogP contribution < -0.4 is 10.1 Å². The van der Waals surface area contributed by atoms with Crippen molar-refractivity contribution in [3.05, 3.63) is 64.7 Å². The molecule has 0 unspecified atom stereocenters. The highest BCUT2D eigenvalue weighted by molar-refractivity contribution is 14.0. The van der Waals surface area contributed by atoms with E-state index in [1.165, 1.54) is 18.2 Å². The Bertz CT molecular complexity index is 855. The van der Waals surface area contributed by atoms with Crippen molar-refractivity contribution in [1.29, 1.82) is 0 Å². The van der Waals surface area contributed by atoms with Crippen molar-refractivity contribution in [3.8, 4) is 5.75 Å². The number of methoxy groups -OCH3 is 2. The number of hydrogen-bond donors (Lipinski definition) is 1. The Labute approximate surface area is 183 Å². The normalized spacial score (nSPS) is 13.2. The summed E-state index contributed by atoms with van der Waals surface area (Å²) in [5, 5.41) is 3.40. The van der Waals surface area contributed by atoms with Gasteiger partial charge in [0.1, 0.15) is 11.3 Å². The van der Waals surface area contributed by atoms with Gasteiger partial charge in [-0.2, -0.15) is 0 Å². The minimum Gasteiger partial charge on any atom is -0.496 e. The molecule has 2 aromatic rings. The maximum atomic E-state index is 11.8. The number of benzene rings is 2. The Morgan fingerprint density at radius 2 is 1.93 bits per heavy atom. The molecule has 7 heteroatoms. The van der Waals surface area contributed by atoms with Crippen molar-refractivity contribution in [2.45, 2.75) is 19.5 Å². The van der Waals surface area contributed by atoms with Crippen LogP contribution >= 0.6 is 24.0 Å². The molecule has 0 amide bonds. The van der Waals surface area contributed by atoms with E-state index in [1.807, 2.05) is 12.1 Å². The van der Waals surface area contributed by atoms with Gasteiger partial charge in [-0.3, -0.25) is 4.99 Å². The maximum absolute atomic E-state index is 11.8. The SMILES string of the molecule is CN=C(NCc1ccc(C(=O)OC)c(OC)c1)N1CCc2ccccc2C1.I. The summed E-state index contributed by atoms with van der Waals surface area (Å²) in [5.41, 5.74) is 4.17. The summed E-state index contributed by atoms with van der Waals surface area (Å²) in [4.78, 5) is 18.5. The lowest BCUT2D eigenvalue weighted by molar-refractivity contribution is 0.0597. The van der Waals surface area contributed by atoms with E-state index in [-0.39, 0.29) is 24.0 Å². The van der Waals surface area contributed by atoms with Crippen LogP contribution in [0.25, 0.3) is 0 Å². The molecule has 28 heavy (non-hydrogen) atoms. The standard InChI is InChI=1S/C21H25N3O3.HI/c1-22-21(24-11-10-16-6-4-5-7-17(16)14-24)23-13-15-8-9-18(20(25)27-3)19(12-15)26-2;/h4-9,12H,10-11,13-14H2,1-3H3,(H,22,23);1H. The Kier molecular flexibility index (Phi) is 8.10. The molecule has 0 fully saturated rings. The second-order valence-corrected chi connectivity index (χ2v) is 6.37. The molecule has 0 aliphatic carbocycles. The Hall–Kier alpha value is -2.29. The summed E-state index contributed by atoms with van der Waals surface area (Å²) < 4.78 is 10.1. The van der Waals surface area contributed by atoms with E-state index in [1.54, 1.807) is 20.2 Å². The predicted molar refractivity (Wildman–Crippen MR) is 121 cm³/mol. The van der Waals surface area contributed by atoms with E-state index in [2.05, 4.69) is 39.5 Å². The van der Waals surface area contributed by atoms with Crippen LogP contribution in [0.4, 0.5) is 0 Å². The highest BCUT2D eigenvalue weighted by Gasteiger charge is 2.19. The van der Waals surface area contributed by atoms with Gasteiger partial charge < -0.3 is 19.7 Å². The highest BCUT2D eigenvalue weighted by Crippen LogP contribution is 2.22. The van der Waals surface area contributed by atoms with Crippen LogP contribution in [0.5, 0.6) is 5.75 Å². The first kappa shape index (κ1) is 22.0. The molecular weight excluding hydrogens is 469 g/mol. The fourth-order valence-electron chi connectivity index (χ4n) is 3.31. The molecule has 6 nitrogen and oxygen atoms in total. The van der Waals surface area contributed by atoms with Crippen LogP contribution in [-0.4, -0.2) is 44.6 Å². The van der Waals surface area contributed by atoms with E-state index in [4.69, 9.17) is 9.47 Å². The van der Waals surface area contributed by atoms with Crippen molar-refractivity contribution in [2.75, 3.05) is 27.8 Å². The summed E-state index contributed by atoms with van der Waals surface area (Å²) in [5.74, 6) is 0.956. The quantitative estimate of drug-likeness (QED) is 0.306. The van der Waals surface area contributed by atoms with Crippen molar-refractivity contribution >= 4 is 35.9 Å². The van der Waals surface area contributed by atoms with Crippen molar-refractivity contribution in [2.24, 2.45) is 4.99 Å². The Morgan fingerprint density at radius 1 is 1.18 bits per heavy atom. The van der Waals surface area contributed by atoms with E-state index in [9.17, 15) is 4.79 Å². The van der Waals surface area contributed by atoms with Crippen molar-refractivity contribution in [3.63, 3.8) is 0 Å². The summed E-state index contributed by atoms with van der Waals surface area (Å²) in [6.45, 7) is 2.37. The number of esters is 1. The van der Waals surface area contributed by atoms with Crippen LogP contribution in [0.1, 0.15) is 27.0 Å². The minimum atomic E-state index is -0.408. The molecule has 0 saturated carbocycles. The Balaban J connectivity index is 0.00000280. The number of carbonyl (C=O) groups excluding carboxylic acids is 1. The molecule has 0 radical (unpaired) electrons. The minimum absolute atomic E-state index is 0. The van der Waals surface area contributed by atoms with Crippen LogP contribution in [0.2, 0.25) is 0 Å². The average molecular weight is 495 g/mol. The average Bonchev–Trinajstić information content (AvgIpc) is 2.73. The summed E-state index contributed by atoms with van der Waals surface area (Å²) in [6, 6.07) is 14.0. The molecule has 2 aromatic carbocycles. The highest BCUT2D eigenvalue weighted by atomic mass is 127. The third-order valence-electron chi connectivity index (χ3n) is 4.76. The van der Waals surface area contributed by atoms with Gasteiger partial charge >= 0.3 is 5.97 Å².